The second-order valence-corrected chi connectivity index (χ2v) is 3.92. The van der Waals surface area contributed by atoms with Crippen LogP contribution in [0.15, 0.2) is 17.4 Å². The second-order valence-electron chi connectivity index (χ2n) is 3.92. The van der Waals surface area contributed by atoms with Gasteiger partial charge in [-0.15, -0.1) is 0 Å². The van der Waals surface area contributed by atoms with E-state index in [4.69, 9.17) is 5.73 Å². The van der Waals surface area contributed by atoms with E-state index in [1.54, 1.807) is 13.2 Å². The third-order valence-corrected chi connectivity index (χ3v) is 2.80. The van der Waals surface area contributed by atoms with Gasteiger partial charge in [0.25, 0.3) is 0 Å². The summed E-state index contributed by atoms with van der Waals surface area (Å²) in [6, 6.07) is 0.497. The van der Waals surface area contributed by atoms with E-state index in [9.17, 15) is 0 Å². The van der Waals surface area contributed by atoms with Gasteiger partial charge < -0.3 is 16.4 Å². The molecule has 1 fully saturated rings. The van der Waals surface area contributed by atoms with Crippen LogP contribution in [0.3, 0.4) is 0 Å². The van der Waals surface area contributed by atoms with Crippen LogP contribution < -0.4 is 16.4 Å². The molecule has 0 aromatic carbocycles. The summed E-state index contributed by atoms with van der Waals surface area (Å²) in [7, 11) is 1.65. The summed E-state index contributed by atoms with van der Waals surface area (Å²) in [6.07, 6.45) is 6.00. The lowest BCUT2D eigenvalue weighted by atomic mass is 10.1. The maximum absolute atomic E-state index is 5.58. The lowest BCUT2D eigenvalue weighted by molar-refractivity contribution is 0.343. The van der Waals surface area contributed by atoms with Crippen molar-refractivity contribution in [2.45, 2.75) is 18.9 Å². The van der Waals surface area contributed by atoms with Crippen molar-refractivity contribution in [2.24, 2.45) is 10.7 Å². The molecule has 0 unspecified atom stereocenters. The molecule has 2 rings (SSSR count). The molecule has 0 aliphatic carbocycles. The number of rotatable bonds is 2. The van der Waals surface area contributed by atoms with Crippen LogP contribution in [-0.4, -0.2) is 35.9 Å². The highest BCUT2D eigenvalue weighted by Gasteiger charge is 2.15. The summed E-state index contributed by atoms with van der Waals surface area (Å²) >= 11 is 0. The van der Waals surface area contributed by atoms with E-state index in [2.05, 4.69) is 20.7 Å². The summed E-state index contributed by atoms with van der Waals surface area (Å²) < 4.78 is 2.01. The number of nitrogens with one attached hydrogen (secondary N) is 2. The molecule has 0 spiro atoms. The lowest BCUT2D eigenvalue weighted by Gasteiger charge is -2.22. The van der Waals surface area contributed by atoms with Crippen LogP contribution in [0.4, 0.5) is 5.69 Å². The molecule has 16 heavy (non-hydrogen) atoms. The SMILES string of the molecule is CN=C(N)Nc1cnn(C2CCNCC2)c1. The first-order chi connectivity index (χ1) is 7.79. The third kappa shape index (κ3) is 2.52. The highest BCUT2D eigenvalue weighted by molar-refractivity contribution is 5.91. The van der Waals surface area contributed by atoms with Gasteiger partial charge in [-0.25, -0.2) is 0 Å². The summed E-state index contributed by atoms with van der Waals surface area (Å²) in [5.41, 5.74) is 6.47. The Balaban J connectivity index is 2.01. The number of hydrogen-bond donors (Lipinski definition) is 3. The first kappa shape index (κ1) is 10.9. The summed E-state index contributed by atoms with van der Waals surface area (Å²) in [5.74, 6) is 0.407. The molecule has 1 aromatic rings. The van der Waals surface area contributed by atoms with Gasteiger partial charge in [-0.05, 0) is 25.9 Å². The molecule has 88 valence electrons. The number of nitrogens with two attached hydrogens (primary N) is 1. The minimum absolute atomic E-state index is 0.407. The van der Waals surface area contributed by atoms with E-state index < -0.39 is 0 Å². The van der Waals surface area contributed by atoms with Crippen molar-refractivity contribution < 1.29 is 0 Å². The number of hydrogen-bond acceptors (Lipinski definition) is 3. The van der Waals surface area contributed by atoms with Gasteiger partial charge in [-0.2, -0.15) is 5.10 Å². The molecule has 1 saturated heterocycles. The Morgan fingerprint density at radius 1 is 1.62 bits per heavy atom. The average molecular weight is 222 g/mol. The fraction of sp³-hybridized carbons (Fsp3) is 0.600. The Labute approximate surface area is 94.9 Å². The summed E-state index contributed by atoms with van der Waals surface area (Å²) in [6.45, 7) is 2.12. The fourth-order valence-corrected chi connectivity index (χ4v) is 1.88. The molecule has 1 aromatic heterocycles. The molecule has 6 nitrogen and oxygen atoms in total. The Bertz CT molecular complexity index is 363. The molecule has 1 aliphatic heterocycles. The van der Waals surface area contributed by atoms with Crippen molar-refractivity contribution in [1.82, 2.24) is 15.1 Å². The second kappa shape index (κ2) is 4.98. The largest absolute Gasteiger partial charge is 0.370 e. The molecule has 6 heteroatoms. The molecule has 0 atom stereocenters. The molecule has 2 heterocycles. The quantitative estimate of drug-likeness (QED) is 0.492. The van der Waals surface area contributed by atoms with E-state index in [1.807, 2.05) is 10.9 Å². The van der Waals surface area contributed by atoms with Crippen LogP contribution in [0.5, 0.6) is 0 Å². The van der Waals surface area contributed by atoms with Gasteiger partial charge in [0.1, 0.15) is 0 Å². The van der Waals surface area contributed by atoms with Gasteiger partial charge in [0.2, 0.25) is 0 Å². The van der Waals surface area contributed by atoms with E-state index in [1.165, 1.54) is 0 Å². The fourth-order valence-electron chi connectivity index (χ4n) is 1.88. The van der Waals surface area contributed by atoms with E-state index >= 15 is 0 Å². The summed E-state index contributed by atoms with van der Waals surface area (Å²) in [5, 5.41) is 10.7. The van der Waals surface area contributed by atoms with Crippen molar-refractivity contribution in [3.63, 3.8) is 0 Å². The van der Waals surface area contributed by atoms with Crippen LogP contribution in [0.25, 0.3) is 0 Å². The Kier molecular flexibility index (Phi) is 3.40. The van der Waals surface area contributed by atoms with Crippen molar-refractivity contribution in [2.75, 3.05) is 25.5 Å². The zero-order chi connectivity index (χ0) is 11.4. The van der Waals surface area contributed by atoms with Crippen molar-refractivity contribution in [3.8, 4) is 0 Å². The average Bonchev–Trinajstić information content (AvgIpc) is 2.78. The van der Waals surface area contributed by atoms with Gasteiger partial charge >= 0.3 is 0 Å². The van der Waals surface area contributed by atoms with Crippen molar-refractivity contribution in [1.29, 1.82) is 0 Å². The lowest BCUT2D eigenvalue weighted by Crippen LogP contribution is -2.29. The minimum atomic E-state index is 0.407. The smallest absolute Gasteiger partial charge is 0.192 e. The predicted octanol–water partition coefficient (Wildman–Crippen LogP) is 0.164. The highest BCUT2D eigenvalue weighted by Crippen LogP contribution is 2.19. The van der Waals surface area contributed by atoms with Crippen LogP contribution in [0.2, 0.25) is 0 Å². The van der Waals surface area contributed by atoms with E-state index in [0.717, 1.165) is 31.6 Å². The zero-order valence-electron chi connectivity index (χ0n) is 9.48. The molecular weight excluding hydrogens is 204 g/mol. The maximum atomic E-state index is 5.58. The van der Waals surface area contributed by atoms with Crippen LogP contribution in [-0.2, 0) is 0 Å². The van der Waals surface area contributed by atoms with Gasteiger partial charge in [0.05, 0.1) is 17.9 Å². The maximum Gasteiger partial charge on any atom is 0.192 e. The number of aromatic nitrogens is 2. The standard InChI is InChI=1S/C10H18N6/c1-12-10(11)15-8-6-14-16(7-8)9-2-4-13-5-3-9/h6-7,9,13H,2-5H2,1H3,(H3,11,12,15). The van der Waals surface area contributed by atoms with Crippen LogP contribution in [0.1, 0.15) is 18.9 Å². The number of nitrogens with zero attached hydrogens (tertiary/aromatic N) is 3. The Hall–Kier alpha value is -1.56. The molecule has 0 bridgehead atoms. The van der Waals surface area contributed by atoms with Gasteiger partial charge in [-0.3, -0.25) is 9.67 Å². The molecule has 1 aliphatic rings. The van der Waals surface area contributed by atoms with Gasteiger partial charge in [-0.1, -0.05) is 0 Å². The minimum Gasteiger partial charge on any atom is -0.370 e. The first-order valence-electron chi connectivity index (χ1n) is 5.54. The number of anilines is 1. The number of aliphatic imine (C=N–C) groups is 1. The zero-order valence-corrected chi connectivity index (χ0v) is 9.48. The topological polar surface area (TPSA) is 80.3 Å². The Morgan fingerprint density at radius 2 is 2.38 bits per heavy atom. The number of piperidine rings is 1. The van der Waals surface area contributed by atoms with Crippen molar-refractivity contribution in [3.05, 3.63) is 12.4 Å². The summed E-state index contributed by atoms with van der Waals surface area (Å²) in [4.78, 5) is 3.84. The van der Waals surface area contributed by atoms with Crippen LogP contribution >= 0.6 is 0 Å². The molecular formula is C10H18N6. The monoisotopic (exact) mass is 222 g/mol. The van der Waals surface area contributed by atoms with E-state index in [-0.39, 0.29) is 0 Å². The van der Waals surface area contributed by atoms with Gasteiger partial charge in [0, 0.05) is 13.2 Å². The molecule has 4 N–H and O–H groups in total. The molecule has 0 saturated carbocycles. The molecule has 0 radical (unpaired) electrons. The predicted molar refractivity (Wildman–Crippen MR) is 64.5 cm³/mol. The third-order valence-electron chi connectivity index (χ3n) is 2.80. The highest BCUT2D eigenvalue weighted by atomic mass is 15.3. The Morgan fingerprint density at radius 3 is 3.06 bits per heavy atom. The first-order valence-corrected chi connectivity index (χ1v) is 5.54. The van der Waals surface area contributed by atoms with E-state index in [0.29, 0.717) is 12.0 Å². The normalized spacial score (nSPS) is 18.7. The van der Waals surface area contributed by atoms with Crippen LogP contribution in [0, 0.1) is 0 Å². The number of guanidine groups is 1. The molecule has 0 amide bonds. The van der Waals surface area contributed by atoms with Gasteiger partial charge in [0.15, 0.2) is 5.96 Å². The van der Waals surface area contributed by atoms with Crippen molar-refractivity contribution >= 4 is 11.6 Å².